The summed E-state index contributed by atoms with van der Waals surface area (Å²) in [6.45, 7) is 1.55. The third-order valence-electron chi connectivity index (χ3n) is 5.79. The van der Waals surface area contributed by atoms with Crippen LogP contribution in [0.1, 0.15) is 21.6 Å². The molecule has 0 unspecified atom stereocenters. The summed E-state index contributed by atoms with van der Waals surface area (Å²) >= 11 is 0. The lowest BCUT2D eigenvalue weighted by Crippen LogP contribution is -2.44. The molecule has 0 aliphatic heterocycles. The Bertz CT molecular complexity index is 1650. The normalized spacial score (nSPS) is 11.8. The molecule has 10 nitrogen and oxygen atoms in total. The number of nitrogens with one attached hydrogen (secondary N) is 2. The molecule has 3 N–H and O–H groups in total. The van der Waals surface area contributed by atoms with Gasteiger partial charge in [-0.2, -0.15) is 0 Å². The monoisotopic (exact) mass is 474 g/mol. The number of nitrogens with zero attached hydrogens (tertiary/aromatic N) is 2. The van der Waals surface area contributed by atoms with Crippen LogP contribution >= 0.6 is 0 Å². The van der Waals surface area contributed by atoms with Gasteiger partial charge in [0.1, 0.15) is 11.6 Å². The van der Waals surface area contributed by atoms with Crippen LogP contribution in [-0.4, -0.2) is 37.1 Å². The molecule has 0 aliphatic rings. The fraction of sp³-hybridized carbons (Fsp3) is 0.160. The van der Waals surface area contributed by atoms with Gasteiger partial charge in [0.05, 0.1) is 5.69 Å². The molecule has 4 aromatic rings. The molecule has 2 aromatic carbocycles. The van der Waals surface area contributed by atoms with Crippen LogP contribution < -0.4 is 22.0 Å². The van der Waals surface area contributed by atoms with Gasteiger partial charge in [0, 0.05) is 49.1 Å². The number of aliphatic carboxylic acids is 1. The van der Waals surface area contributed by atoms with Crippen LogP contribution in [-0.2, 0) is 18.3 Å². The quantitative estimate of drug-likeness (QED) is 0.382. The number of aryl methyl sites for hydroxylation is 2. The summed E-state index contributed by atoms with van der Waals surface area (Å²) in [5.41, 5.74) is -0.427. The van der Waals surface area contributed by atoms with Crippen LogP contribution in [0.25, 0.3) is 16.5 Å². The second kappa shape index (κ2) is 9.26. The van der Waals surface area contributed by atoms with E-state index >= 15 is 0 Å². The van der Waals surface area contributed by atoms with Gasteiger partial charge in [0.25, 0.3) is 11.5 Å². The zero-order valence-electron chi connectivity index (χ0n) is 18.9. The summed E-state index contributed by atoms with van der Waals surface area (Å²) < 4.78 is 2.33. The van der Waals surface area contributed by atoms with Gasteiger partial charge in [-0.25, -0.2) is 14.2 Å². The van der Waals surface area contributed by atoms with E-state index in [1.807, 2.05) is 0 Å². The highest BCUT2D eigenvalue weighted by Gasteiger charge is 2.24. The predicted molar refractivity (Wildman–Crippen MR) is 129 cm³/mol. The average molecular weight is 474 g/mol. The maximum Gasteiger partial charge on any atom is 0.335 e. The lowest BCUT2D eigenvalue weighted by molar-refractivity contribution is -0.139. The molecule has 0 aliphatic carbocycles. The van der Waals surface area contributed by atoms with E-state index in [0.29, 0.717) is 27.7 Å². The van der Waals surface area contributed by atoms with Crippen LogP contribution in [0.4, 0.5) is 0 Å². The van der Waals surface area contributed by atoms with Crippen molar-refractivity contribution in [1.82, 2.24) is 19.4 Å². The molecule has 10 heteroatoms. The summed E-state index contributed by atoms with van der Waals surface area (Å²) in [5.74, 6) is -2.07. The molecular weight excluding hydrogens is 452 g/mol. The standard InChI is InChI=1S/C25H22N4O6/c1-14-22(20(30)9-11-26-14)23(32)27-18(24(33)34)13-15-5-3-7-17-16(15)6-4-8-19(17)29-21(31)10-12-28(2)25(29)35/h3-12,18H,13H2,1-2H3,(H,26,30)(H,27,32)(H,33,34)/t18-/m0/s1. The minimum absolute atomic E-state index is 0.0899. The van der Waals surface area contributed by atoms with Gasteiger partial charge in [0.15, 0.2) is 5.43 Å². The number of hydrogen-bond acceptors (Lipinski definition) is 5. The Kier molecular flexibility index (Phi) is 6.20. The van der Waals surface area contributed by atoms with E-state index in [-0.39, 0.29) is 12.0 Å². The molecule has 0 saturated carbocycles. The van der Waals surface area contributed by atoms with Crippen molar-refractivity contribution >= 4 is 22.6 Å². The number of carbonyl (C=O) groups excluding carboxylic acids is 1. The maximum atomic E-state index is 12.7. The number of rotatable bonds is 6. The first-order chi connectivity index (χ1) is 16.7. The lowest BCUT2D eigenvalue weighted by Gasteiger charge is -2.17. The third kappa shape index (κ3) is 4.41. The number of fused-ring (bicyclic) bond motifs is 1. The Morgan fingerprint density at radius 3 is 2.46 bits per heavy atom. The highest BCUT2D eigenvalue weighted by Crippen LogP contribution is 2.25. The number of pyridine rings is 1. The van der Waals surface area contributed by atoms with Crippen molar-refractivity contribution in [3.8, 4) is 5.69 Å². The summed E-state index contributed by atoms with van der Waals surface area (Å²) in [4.78, 5) is 64.8. The SMILES string of the molecule is Cc1[nH]ccc(=O)c1C(=O)N[C@@H](Cc1cccc2c(-n3c(=O)ccn(C)c3=O)cccc12)C(=O)O. The van der Waals surface area contributed by atoms with Crippen molar-refractivity contribution in [2.75, 3.05) is 0 Å². The summed E-state index contributed by atoms with van der Waals surface area (Å²) in [7, 11) is 1.54. The highest BCUT2D eigenvalue weighted by molar-refractivity contribution is 5.98. The molecule has 1 amide bonds. The van der Waals surface area contributed by atoms with Crippen molar-refractivity contribution in [1.29, 1.82) is 0 Å². The van der Waals surface area contributed by atoms with Crippen molar-refractivity contribution in [3.05, 3.63) is 109 Å². The van der Waals surface area contributed by atoms with Gasteiger partial charge >= 0.3 is 11.7 Å². The van der Waals surface area contributed by atoms with Crippen LogP contribution in [0.3, 0.4) is 0 Å². The minimum atomic E-state index is -1.33. The van der Waals surface area contributed by atoms with Crippen LogP contribution in [0.15, 0.2) is 75.3 Å². The molecule has 0 radical (unpaired) electrons. The predicted octanol–water partition coefficient (Wildman–Crippen LogP) is 1.11. The molecule has 2 aromatic heterocycles. The topological polar surface area (TPSA) is 143 Å². The molecule has 4 rings (SSSR count). The van der Waals surface area contributed by atoms with Gasteiger partial charge in [-0.15, -0.1) is 0 Å². The van der Waals surface area contributed by atoms with Crippen molar-refractivity contribution < 1.29 is 14.7 Å². The highest BCUT2D eigenvalue weighted by atomic mass is 16.4. The van der Waals surface area contributed by atoms with Gasteiger partial charge in [-0.3, -0.25) is 14.4 Å². The number of carboxylic acid groups (broad SMARTS) is 1. The summed E-state index contributed by atoms with van der Waals surface area (Å²) in [6, 6.07) is 11.3. The largest absolute Gasteiger partial charge is 0.480 e. The molecule has 0 saturated heterocycles. The number of benzene rings is 2. The van der Waals surface area contributed by atoms with E-state index in [1.54, 1.807) is 43.3 Å². The van der Waals surface area contributed by atoms with E-state index < -0.39 is 34.6 Å². The van der Waals surface area contributed by atoms with Crippen molar-refractivity contribution in [3.63, 3.8) is 0 Å². The second-order valence-corrected chi connectivity index (χ2v) is 8.08. The molecule has 178 valence electrons. The number of hydrogen-bond donors (Lipinski definition) is 3. The zero-order chi connectivity index (χ0) is 25.3. The van der Waals surface area contributed by atoms with Gasteiger partial charge in [-0.05, 0) is 23.9 Å². The Balaban J connectivity index is 1.76. The smallest absolute Gasteiger partial charge is 0.335 e. The number of carboxylic acids is 1. The molecule has 2 heterocycles. The molecule has 0 bridgehead atoms. The zero-order valence-corrected chi connectivity index (χ0v) is 18.9. The first kappa shape index (κ1) is 23.4. The summed E-state index contributed by atoms with van der Waals surface area (Å²) in [5, 5.41) is 13.4. The van der Waals surface area contributed by atoms with E-state index in [2.05, 4.69) is 10.3 Å². The summed E-state index contributed by atoms with van der Waals surface area (Å²) in [6.07, 6.45) is 2.70. The molecule has 0 spiro atoms. The molecule has 1 atom stereocenters. The maximum absolute atomic E-state index is 12.7. The van der Waals surface area contributed by atoms with Crippen LogP contribution in [0, 0.1) is 6.92 Å². The minimum Gasteiger partial charge on any atom is -0.480 e. The number of aromatic amines is 1. The fourth-order valence-corrected chi connectivity index (χ4v) is 4.03. The Hall–Kier alpha value is -4.73. The van der Waals surface area contributed by atoms with E-state index in [4.69, 9.17) is 0 Å². The molecule has 0 fully saturated rings. The first-order valence-corrected chi connectivity index (χ1v) is 10.7. The van der Waals surface area contributed by atoms with E-state index in [0.717, 1.165) is 4.57 Å². The Morgan fingerprint density at radius 2 is 1.74 bits per heavy atom. The Labute approximate surface area is 198 Å². The number of carbonyl (C=O) groups is 2. The second-order valence-electron chi connectivity index (χ2n) is 8.08. The van der Waals surface area contributed by atoms with Gasteiger partial charge in [-0.1, -0.05) is 30.3 Å². The fourth-order valence-electron chi connectivity index (χ4n) is 4.03. The Morgan fingerprint density at radius 1 is 1.03 bits per heavy atom. The number of amides is 1. The average Bonchev–Trinajstić information content (AvgIpc) is 2.81. The van der Waals surface area contributed by atoms with E-state index in [1.165, 1.54) is 36.1 Å². The van der Waals surface area contributed by atoms with E-state index in [9.17, 15) is 29.1 Å². The van der Waals surface area contributed by atoms with Crippen LogP contribution in [0.5, 0.6) is 0 Å². The number of aromatic nitrogens is 3. The molecule has 35 heavy (non-hydrogen) atoms. The lowest BCUT2D eigenvalue weighted by atomic mass is 9.97. The molecular formula is C25H22N4O6. The third-order valence-corrected chi connectivity index (χ3v) is 5.79. The van der Waals surface area contributed by atoms with Gasteiger partial charge < -0.3 is 20.0 Å². The van der Waals surface area contributed by atoms with Crippen molar-refractivity contribution in [2.24, 2.45) is 7.05 Å². The van der Waals surface area contributed by atoms with Crippen molar-refractivity contribution in [2.45, 2.75) is 19.4 Å². The first-order valence-electron chi connectivity index (χ1n) is 10.7. The van der Waals surface area contributed by atoms with Crippen LogP contribution in [0.2, 0.25) is 0 Å². The van der Waals surface area contributed by atoms with Gasteiger partial charge in [0.2, 0.25) is 0 Å². The number of H-pyrrole nitrogens is 1.